The molecule has 0 aliphatic carbocycles. The van der Waals surface area contributed by atoms with Crippen LogP contribution in [0.25, 0.3) is 0 Å². The zero-order chi connectivity index (χ0) is 14.0. The highest BCUT2D eigenvalue weighted by Gasteiger charge is 2.13. The largest absolute Gasteiger partial charge is 0.508 e. The molecular formula is C12H18O6. The Morgan fingerprint density at radius 2 is 1.89 bits per heavy atom. The molecule has 0 aromatic heterocycles. The number of rotatable bonds is 8. The second-order valence-electron chi connectivity index (χ2n) is 3.53. The molecule has 1 unspecified atom stereocenters. The van der Waals surface area contributed by atoms with Crippen molar-refractivity contribution < 1.29 is 28.6 Å². The molecule has 1 atom stereocenters. The average molecular weight is 258 g/mol. The van der Waals surface area contributed by atoms with Gasteiger partial charge in [-0.05, 0) is 12.8 Å². The lowest BCUT2D eigenvalue weighted by Gasteiger charge is -2.12. The minimum atomic E-state index is -0.791. The molecule has 0 aliphatic heterocycles. The molecule has 0 fully saturated rings. The summed E-state index contributed by atoms with van der Waals surface area (Å²) in [7, 11) is 2.44. The minimum absolute atomic E-state index is 0.206. The van der Waals surface area contributed by atoms with E-state index >= 15 is 0 Å². The summed E-state index contributed by atoms with van der Waals surface area (Å²) in [5.74, 6) is -0.756. The van der Waals surface area contributed by atoms with Gasteiger partial charge in [0, 0.05) is 6.42 Å². The molecule has 0 spiro atoms. The third kappa shape index (κ3) is 7.43. The summed E-state index contributed by atoms with van der Waals surface area (Å²) in [4.78, 5) is 33.0. The van der Waals surface area contributed by atoms with Gasteiger partial charge in [0.15, 0.2) is 0 Å². The number of hydrogen-bond donors (Lipinski definition) is 0. The predicted molar refractivity (Wildman–Crippen MR) is 63.0 cm³/mol. The van der Waals surface area contributed by atoms with Gasteiger partial charge in [0.2, 0.25) is 0 Å². The van der Waals surface area contributed by atoms with Crippen LogP contribution in [0, 0.1) is 0 Å². The molecule has 0 aliphatic rings. The SMILES string of the molecule is C=CC(CCCC(=O)CC(=O)OC)OC(=O)OC. The van der Waals surface area contributed by atoms with Crippen molar-refractivity contribution >= 4 is 17.9 Å². The van der Waals surface area contributed by atoms with Crippen LogP contribution >= 0.6 is 0 Å². The molecule has 18 heavy (non-hydrogen) atoms. The fourth-order valence-electron chi connectivity index (χ4n) is 1.22. The molecule has 6 heteroatoms. The highest BCUT2D eigenvalue weighted by molar-refractivity contribution is 5.95. The number of carbonyl (C=O) groups is 3. The van der Waals surface area contributed by atoms with Crippen LogP contribution in [0.5, 0.6) is 0 Å². The number of ether oxygens (including phenoxy) is 3. The van der Waals surface area contributed by atoms with Gasteiger partial charge in [-0.15, -0.1) is 0 Å². The first kappa shape index (κ1) is 16.1. The molecule has 0 saturated heterocycles. The van der Waals surface area contributed by atoms with Crippen molar-refractivity contribution in [2.24, 2.45) is 0 Å². The molecule has 0 bridgehead atoms. The smallest absolute Gasteiger partial charge is 0.469 e. The Hall–Kier alpha value is -1.85. The monoisotopic (exact) mass is 258 g/mol. The van der Waals surface area contributed by atoms with Crippen molar-refractivity contribution in [2.75, 3.05) is 14.2 Å². The quantitative estimate of drug-likeness (QED) is 0.374. The number of hydrogen-bond acceptors (Lipinski definition) is 6. The van der Waals surface area contributed by atoms with Gasteiger partial charge in [-0.2, -0.15) is 0 Å². The van der Waals surface area contributed by atoms with Gasteiger partial charge in [-0.25, -0.2) is 4.79 Å². The van der Waals surface area contributed by atoms with Crippen molar-refractivity contribution in [3.05, 3.63) is 12.7 Å². The van der Waals surface area contributed by atoms with Gasteiger partial charge in [-0.1, -0.05) is 12.7 Å². The second kappa shape index (κ2) is 9.21. The van der Waals surface area contributed by atoms with Gasteiger partial charge in [0.1, 0.15) is 18.3 Å². The summed E-state index contributed by atoms with van der Waals surface area (Å²) in [6, 6.07) is 0. The van der Waals surface area contributed by atoms with E-state index in [1.54, 1.807) is 0 Å². The molecule has 0 radical (unpaired) electrons. The van der Waals surface area contributed by atoms with E-state index in [1.165, 1.54) is 20.3 Å². The summed E-state index contributed by atoms with van der Waals surface area (Å²) < 4.78 is 13.6. The molecule has 0 rings (SSSR count). The second-order valence-corrected chi connectivity index (χ2v) is 3.53. The summed E-state index contributed by atoms with van der Waals surface area (Å²) in [5.41, 5.74) is 0. The van der Waals surface area contributed by atoms with Crippen molar-refractivity contribution in [1.29, 1.82) is 0 Å². The van der Waals surface area contributed by atoms with E-state index < -0.39 is 18.2 Å². The maximum Gasteiger partial charge on any atom is 0.508 e. The van der Waals surface area contributed by atoms with Crippen LogP contribution in [0.4, 0.5) is 4.79 Å². The summed E-state index contributed by atoms with van der Waals surface area (Å²) in [5, 5.41) is 0. The zero-order valence-electron chi connectivity index (χ0n) is 10.6. The maximum atomic E-state index is 11.3. The first-order valence-corrected chi connectivity index (χ1v) is 5.49. The predicted octanol–water partition coefficient (Wildman–Crippen LogP) is 1.63. The van der Waals surface area contributed by atoms with E-state index in [-0.39, 0.29) is 18.6 Å². The van der Waals surface area contributed by atoms with Gasteiger partial charge >= 0.3 is 12.1 Å². The van der Waals surface area contributed by atoms with E-state index in [0.29, 0.717) is 12.8 Å². The molecule has 0 N–H and O–H groups in total. The van der Waals surface area contributed by atoms with Crippen LogP contribution in [0.3, 0.4) is 0 Å². The third-order valence-electron chi connectivity index (χ3n) is 2.19. The number of Topliss-reactive ketones (excluding diaryl/α,β-unsaturated/α-hetero) is 1. The van der Waals surface area contributed by atoms with Gasteiger partial charge in [-0.3, -0.25) is 9.59 Å². The van der Waals surface area contributed by atoms with Crippen molar-refractivity contribution in [3.63, 3.8) is 0 Å². The molecule has 102 valence electrons. The van der Waals surface area contributed by atoms with E-state index in [1.807, 2.05) is 0 Å². The third-order valence-corrected chi connectivity index (χ3v) is 2.19. The highest BCUT2D eigenvalue weighted by Crippen LogP contribution is 2.08. The maximum absolute atomic E-state index is 11.3. The summed E-state index contributed by atoms with van der Waals surface area (Å²) in [6.45, 7) is 3.52. The van der Waals surface area contributed by atoms with Crippen LogP contribution < -0.4 is 0 Å². The average Bonchev–Trinajstić information content (AvgIpc) is 2.36. The number of carbonyl (C=O) groups excluding carboxylic acids is 3. The zero-order valence-corrected chi connectivity index (χ0v) is 10.6. The molecule has 6 nitrogen and oxygen atoms in total. The van der Waals surface area contributed by atoms with Crippen molar-refractivity contribution in [3.8, 4) is 0 Å². The molecule has 0 saturated carbocycles. The van der Waals surface area contributed by atoms with Crippen LogP contribution in [-0.2, 0) is 23.8 Å². The fourth-order valence-corrected chi connectivity index (χ4v) is 1.22. The number of methoxy groups -OCH3 is 2. The van der Waals surface area contributed by atoms with Crippen LogP contribution in [0.2, 0.25) is 0 Å². The van der Waals surface area contributed by atoms with E-state index in [0.717, 1.165) is 0 Å². The van der Waals surface area contributed by atoms with Crippen LogP contribution in [0.1, 0.15) is 25.7 Å². The van der Waals surface area contributed by atoms with E-state index in [2.05, 4.69) is 16.1 Å². The molecule has 0 aromatic rings. The van der Waals surface area contributed by atoms with Gasteiger partial charge in [0.05, 0.1) is 14.2 Å². The first-order chi connectivity index (χ1) is 8.53. The lowest BCUT2D eigenvalue weighted by molar-refractivity contribution is -0.143. The van der Waals surface area contributed by atoms with Gasteiger partial charge < -0.3 is 14.2 Å². The molecular weight excluding hydrogens is 240 g/mol. The number of ketones is 1. The minimum Gasteiger partial charge on any atom is -0.469 e. The lowest BCUT2D eigenvalue weighted by atomic mass is 10.1. The Morgan fingerprint density at radius 3 is 2.39 bits per heavy atom. The lowest BCUT2D eigenvalue weighted by Crippen LogP contribution is -2.16. The molecule has 0 aromatic carbocycles. The van der Waals surface area contributed by atoms with Gasteiger partial charge in [0.25, 0.3) is 0 Å². The summed E-state index contributed by atoms with van der Waals surface area (Å²) in [6.07, 6.45) is 1.11. The Labute approximate surface area is 106 Å². The fraction of sp³-hybridized carbons (Fsp3) is 0.583. The van der Waals surface area contributed by atoms with Crippen molar-refractivity contribution in [1.82, 2.24) is 0 Å². The van der Waals surface area contributed by atoms with Crippen molar-refractivity contribution in [2.45, 2.75) is 31.8 Å². The Morgan fingerprint density at radius 1 is 1.22 bits per heavy atom. The Kier molecular flexibility index (Phi) is 8.26. The molecule has 0 heterocycles. The summed E-state index contributed by atoms with van der Waals surface area (Å²) >= 11 is 0. The first-order valence-electron chi connectivity index (χ1n) is 5.49. The topological polar surface area (TPSA) is 78.9 Å². The number of esters is 1. The van der Waals surface area contributed by atoms with E-state index in [9.17, 15) is 14.4 Å². The Bertz CT molecular complexity index is 310. The Balaban J connectivity index is 3.86. The highest BCUT2D eigenvalue weighted by atomic mass is 16.7. The normalized spacial score (nSPS) is 11.2. The molecule has 0 amide bonds. The standard InChI is InChI=1S/C12H18O6/c1-4-10(18-12(15)17-3)7-5-6-9(13)8-11(14)16-2/h4,10H,1,5-8H2,2-3H3. The van der Waals surface area contributed by atoms with Crippen LogP contribution in [-0.4, -0.2) is 38.2 Å². The van der Waals surface area contributed by atoms with Crippen LogP contribution in [0.15, 0.2) is 12.7 Å². The van der Waals surface area contributed by atoms with E-state index in [4.69, 9.17) is 4.74 Å².